The average Bonchev–Trinajstić information content (AvgIpc) is 3.26. The number of hydrogen-bond donors (Lipinski definition) is 2. The van der Waals surface area contributed by atoms with Gasteiger partial charge in [0.2, 0.25) is 0 Å². The Morgan fingerprint density at radius 1 is 1.03 bits per heavy atom. The van der Waals surface area contributed by atoms with E-state index >= 15 is 0 Å². The number of aromatic nitrogens is 2. The molecule has 4 rings (SSSR count). The molecule has 1 atom stereocenters. The van der Waals surface area contributed by atoms with Crippen LogP contribution in [0.5, 0.6) is 0 Å². The minimum absolute atomic E-state index is 0.293. The highest BCUT2D eigenvalue weighted by Crippen LogP contribution is 2.25. The number of amides is 1. The Morgan fingerprint density at radius 2 is 1.69 bits per heavy atom. The summed E-state index contributed by atoms with van der Waals surface area (Å²) in [5.41, 5.74) is 8.53. The van der Waals surface area contributed by atoms with Gasteiger partial charge in [0.05, 0.1) is 18.5 Å². The molecule has 1 aromatic heterocycles. The lowest BCUT2D eigenvalue weighted by Crippen LogP contribution is -2.54. The van der Waals surface area contributed by atoms with Crippen molar-refractivity contribution in [3.8, 4) is 16.9 Å². The summed E-state index contributed by atoms with van der Waals surface area (Å²) in [6, 6.07) is 25.4. The number of benzene rings is 3. The van der Waals surface area contributed by atoms with Crippen molar-refractivity contribution in [3.05, 3.63) is 101 Å². The van der Waals surface area contributed by atoms with E-state index in [-0.39, 0.29) is 0 Å². The zero-order valence-electron chi connectivity index (χ0n) is 19.4. The van der Waals surface area contributed by atoms with Crippen LogP contribution in [0.2, 0.25) is 5.02 Å². The first-order chi connectivity index (χ1) is 16.8. The lowest BCUT2D eigenvalue weighted by Gasteiger charge is -2.28. The van der Waals surface area contributed by atoms with Crippen molar-refractivity contribution in [2.24, 2.45) is 0 Å². The van der Waals surface area contributed by atoms with E-state index in [1.165, 1.54) is 7.11 Å². The van der Waals surface area contributed by atoms with Gasteiger partial charge in [0.15, 0.2) is 0 Å². The second-order valence-corrected chi connectivity index (χ2v) is 8.80. The van der Waals surface area contributed by atoms with Gasteiger partial charge in [-0.15, -0.1) is 0 Å². The number of ether oxygens (including phenoxy) is 1. The molecule has 0 fully saturated rings. The van der Waals surface area contributed by atoms with Gasteiger partial charge >= 0.3 is 5.97 Å². The van der Waals surface area contributed by atoms with E-state index in [0.29, 0.717) is 34.2 Å². The fraction of sp³-hybridized carbons (Fsp3) is 0.148. The zero-order chi connectivity index (χ0) is 25.0. The first-order valence-corrected chi connectivity index (χ1v) is 11.3. The quantitative estimate of drug-likeness (QED) is 0.368. The zero-order valence-corrected chi connectivity index (χ0v) is 20.1. The first-order valence-electron chi connectivity index (χ1n) is 11.0. The van der Waals surface area contributed by atoms with Crippen LogP contribution in [0.25, 0.3) is 16.9 Å². The number of hydrogen-bond acceptors (Lipinski definition) is 5. The maximum atomic E-state index is 13.0. The van der Waals surface area contributed by atoms with Crippen molar-refractivity contribution in [2.75, 3.05) is 12.8 Å². The molecular weight excluding hydrogens is 464 g/mol. The molecule has 0 aliphatic carbocycles. The minimum Gasteiger partial charge on any atom is -0.467 e. The van der Waals surface area contributed by atoms with Crippen LogP contribution < -0.4 is 11.1 Å². The van der Waals surface area contributed by atoms with E-state index in [1.807, 2.05) is 42.5 Å². The highest BCUT2D eigenvalue weighted by Gasteiger charge is 2.36. The molecule has 3 N–H and O–H groups in total. The smallest absolute Gasteiger partial charge is 0.331 e. The second kappa shape index (κ2) is 10.0. The summed E-state index contributed by atoms with van der Waals surface area (Å²) < 4.78 is 6.57. The number of nitrogens with two attached hydrogens (primary N) is 1. The molecule has 7 nitrogen and oxygen atoms in total. The third-order valence-electron chi connectivity index (χ3n) is 5.68. The Bertz CT molecular complexity index is 1340. The van der Waals surface area contributed by atoms with Crippen molar-refractivity contribution in [1.82, 2.24) is 15.1 Å². The third kappa shape index (κ3) is 5.36. The van der Waals surface area contributed by atoms with Gasteiger partial charge in [-0.1, -0.05) is 54.1 Å². The fourth-order valence-corrected chi connectivity index (χ4v) is 3.96. The average molecular weight is 489 g/mol. The van der Waals surface area contributed by atoms with E-state index in [4.69, 9.17) is 22.1 Å². The lowest BCUT2D eigenvalue weighted by atomic mass is 9.92. The highest BCUT2D eigenvalue weighted by atomic mass is 35.5. The third-order valence-corrected chi connectivity index (χ3v) is 5.93. The number of rotatable bonds is 7. The summed E-state index contributed by atoms with van der Waals surface area (Å²) in [6.07, 6.45) is 0.293. The molecular formula is C27H25ClN4O3. The molecule has 178 valence electrons. The van der Waals surface area contributed by atoms with Crippen LogP contribution in [0.1, 0.15) is 22.8 Å². The van der Waals surface area contributed by atoms with E-state index in [1.54, 1.807) is 54.1 Å². The molecule has 0 aliphatic rings. The number of carbonyl (C=O) groups excluding carboxylic acids is 2. The molecule has 3 aromatic carbocycles. The first kappa shape index (κ1) is 24.0. The molecule has 0 aliphatic heterocycles. The van der Waals surface area contributed by atoms with Crippen LogP contribution in [-0.4, -0.2) is 34.3 Å². The van der Waals surface area contributed by atoms with Gasteiger partial charge in [0, 0.05) is 28.6 Å². The van der Waals surface area contributed by atoms with Crippen molar-refractivity contribution < 1.29 is 14.3 Å². The number of methoxy groups -OCH3 is 1. The molecule has 1 amide bonds. The molecule has 0 bridgehead atoms. The van der Waals surface area contributed by atoms with Gasteiger partial charge in [-0.3, -0.25) is 4.79 Å². The van der Waals surface area contributed by atoms with Crippen molar-refractivity contribution in [2.45, 2.75) is 18.9 Å². The SMILES string of the molecule is COC(=O)C(C)(Cc1ccccc1)NC(=O)c1ccc(-n2nc(-c3ccc(Cl)cc3)cc2N)cc1. The molecule has 1 unspecified atom stereocenters. The lowest BCUT2D eigenvalue weighted by molar-refractivity contribution is -0.147. The summed E-state index contributed by atoms with van der Waals surface area (Å²) in [6.45, 7) is 1.65. The summed E-state index contributed by atoms with van der Waals surface area (Å²) in [5, 5.41) is 8.06. The maximum absolute atomic E-state index is 13.0. The van der Waals surface area contributed by atoms with Gasteiger partial charge in [0.25, 0.3) is 5.91 Å². The largest absolute Gasteiger partial charge is 0.467 e. The molecule has 8 heteroatoms. The summed E-state index contributed by atoms with van der Waals surface area (Å²) in [5.74, 6) is -0.464. The normalized spacial score (nSPS) is 12.5. The predicted octanol–water partition coefficient (Wildman–Crippen LogP) is 4.68. The number of esters is 1. The molecule has 0 saturated heterocycles. The van der Waals surface area contributed by atoms with Gasteiger partial charge in [-0.25, -0.2) is 9.48 Å². The van der Waals surface area contributed by atoms with Gasteiger partial charge in [0.1, 0.15) is 11.4 Å². The number of nitrogen functional groups attached to an aromatic ring is 1. The van der Waals surface area contributed by atoms with Crippen LogP contribution in [0.3, 0.4) is 0 Å². The number of halogens is 1. The van der Waals surface area contributed by atoms with Crippen LogP contribution in [0.4, 0.5) is 5.82 Å². The van der Waals surface area contributed by atoms with Crippen LogP contribution in [0, 0.1) is 0 Å². The van der Waals surface area contributed by atoms with Gasteiger partial charge in [-0.05, 0) is 48.9 Å². The maximum Gasteiger partial charge on any atom is 0.331 e. The topological polar surface area (TPSA) is 99.2 Å². The van der Waals surface area contributed by atoms with Crippen LogP contribution in [-0.2, 0) is 16.0 Å². The standard InChI is InChI=1S/C27H25ClN4O3/c1-27(26(34)35-2,17-18-6-4-3-5-7-18)30-25(33)20-10-14-22(15-11-20)32-24(29)16-23(31-32)19-8-12-21(28)13-9-19/h3-16H,17,29H2,1-2H3,(H,30,33). The Hall–Kier alpha value is -4.10. The number of nitrogens with one attached hydrogen (secondary N) is 1. The molecule has 0 saturated carbocycles. The van der Waals surface area contributed by atoms with Crippen LogP contribution >= 0.6 is 11.6 Å². The van der Waals surface area contributed by atoms with Gasteiger partial charge < -0.3 is 15.8 Å². The van der Waals surface area contributed by atoms with Crippen molar-refractivity contribution in [1.29, 1.82) is 0 Å². The number of anilines is 1. The summed E-state index contributed by atoms with van der Waals surface area (Å²) >= 11 is 5.97. The monoisotopic (exact) mass is 488 g/mol. The second-order valence-electron chi connectivity index (χ2n) is 8.36. The summed E-state index contributed by atoms with van der Waals surface area (Å²) in [7, 11) is 1.30. The van der Waals surface area contributed by atoms with Crippen LogP contribution in [0.15, 0.2) is 84.9 Å². The number of nitrogens with zero attached hydrogens (tertiary/aromatic N) is 2. The summed E-state index contributed by atoms with van der Waals surface area (Å²) in [4.78, 5) is 25.6. The molecule has 0 spiro atoms. The number of carbonyl (C=O) groups is 2. The van der Waals surface area contributed by atoms with E-state index in [2.05, 4.69) is 10.4 Å². The predicted molar refractivity (Wildman–Crippen MR) is 136 cm³/mol. The molecule has 1 heterocycles. The molecule has 4 aromatic rings. The van der Waals surface area contributed by atoms with E-state index in [9.17, 15) is 9.59 Å². The highest BCUT2D eigenvalue weighted by molar-refractivity contribution is 6.30. The minimum atomic E-state index is -1.23. The van der Waals surface area contributed by atoms with Crippen molar-refractivity contribution in [3.63, 3.8) is 0 Å². The van der Waals surface area contributed by atoms with Crippen molar-refractivity contribution >= 4 is 29.3 Å². The fourth-order valence-electron chi connectivity index (χ4n) is 3.84. The van der Waals surface area contributed by atoms with E-state index < -0.39 is 17.4 Å². The Balaban J connectivity index is 1.53. The Morgan fingerprint density at radius 3 is 2.31 bits per heavy atom. The van der Waals surface area contributed by atoms with Gasteiger partial charge in [-0.2, -0.15) is 5.10 Å². The molecule has 35 heavy (non-hydrogen) atoms. The Labute approximate surface area is 208 Å². The molecule has 0 radical (unpaired) electrons. The Kier molecular flexibility index (Phi) is 6.89. The van der Waals surface area contributed by atoms with E-state index in [0.717, 1.165) is 11.1 Å².